The van der Waals surface area contributed by atoms with Crippen molar-refractivity contribution in [2.45, 2.75) is 32.1 Å². The molecule has 1 rings (SSSR count). The molecular formula is C11H17NO2. The van der Waals surface area contributed by atoms with E-state index in [-0.39, 0.29) is 6.42 Å². The summed E-state index contributed by atoms with van der Waals surface area (Å²) in [5, 5.41) is 8.38. The first-order valence-electron chi connectivity index (χ1n) is 5.19. The van der Waals surface area contributed by atoms with Gasteiger partial charge in [0.1, 0.15) is 6.42 Å². The van der Waals surface area contributed by atoms with Crippen molar-refractivity contribution in [3.05, 3.63) is 0 Å². The maximum Gasteiger partial charge on any atom is 0.315 e. The Balaban J connectivity index is 2.20. The van der Waals surface area contributed by atoms with E-state index in [1.54, 1.807) is 0 Å². The van der Waals surface area contributed by atoms with Gasteiger partial charge >= 0.3 is 5.97 Å². The predicted octanol–water partition coefficient (Wildman–Crippen LogP) is 1.34. The Kier molecular flexibility index (Phi) is 5.09. The molecule has 1 N–H and O–H groups in total. The quantitative estimate of drug-likeness (QED) is 0.676. The van der Waals surface area contributed by atoms with Gasteiger partial charge in [0.25, 0.3) is 0 Å². The van der Waals surface area contributed by atoms with Gasteiger partial charge < -0.3 is 5.11 Å². The van der Waals surface area contributed by atoms with Crippen LogP contribution in [0.25, 0.3) is 0 Å². The van der Waals surface area contributed by atoms with Gasteiger partial charge in [-0.2, -0.15) is 0 Å². The zero-order valence-electron chi connectivity index (χ0n) is 8.46. The number of carbonyl (C=O) groups is 1. The molecule has 0 aromatic carbocycles. The Labute approximate surface area is 85.1 Å². The third kappa shape index (κ3) is 4.88. The fourth-order valence-electron chi connectivity index (χ4n) is 1.60. The van der Waals surface area contributed by atoms with Crippen LogP contribution in [0.4, 0.5) is 0 Å². The van der Waals surface area contributed by atoms with Gasteiger partial charge in [-0.3, -0.25) is 9.69 Å². The van der Waals surface area contributed by atoms with Gasteiger partial charge in [-0.05, 0) is 25.9 Å². The van der Waals surface area contributed by atoms with Crippen LogP contribution in [-0.4, -0.2) is 35.6 Å². The molecule has 0 atom stereocenters. The molecule has 1 heterocycles. The van der Waals surface area contributed by atoms with E-state index in [4.69, 9.17) is 5.11 Å². The van der Waals surface area contributed by atoms with Crippen molar-refractivity contribution in [2.75, 3.05) is 19.6 Å². The SMILES string of the molecule is O=C(O)CC#CCN1CCCCCC1. The lowest BCUT2D eigenvalue weighted by Gasteiger charge is -2.15. The Morgan fingerprint density at radius 1 is 1.14 bits per heavy atom. The van der Waals surface area contributed by atoms with Crippen LogP contribution in [0, 0.1) is 11.8 Å². The van der Waals surface area contributed by atoms with Crippen molar-refractivity contribution in [3.8, 4) is 11.8 Å². The summed E-state index contributed by atoms with van der Waals surface area (Å²) in [5.41, 5.74) is 0. The topological polar surface area (TPSA) is 40.5 Å². The molecule has 78 valence electrons. The van der Waals surface area contributed by atoms with Gasteiger partial charge in [0.2, 0.25) is 0 Å². The highest BCUT2D eigenvalue weighted by molar-refractivity contribution is 5.69. The van der Waals surface area contributed by atoms with Crippen LogP contribution in [0.2, 0.25) is 0 Å². The summed E-state index contributed by atoms with van der Waals surface area (Å²) in [4.78, 5) is 12.5. The van der Waals surface area contributed by atoms with Gasteiger partial charge in [-0.25, -0.2) is 0 Å². The number of nitrogens with zero attached hydrogens (tertiary/aromatic N) is 1. The molecule has 0 amide bonds. The third-order valence-corrected chi connectivity index (χ3v) is 2.37. The van der Waals surface area contributed by atoms with Crippen LogP contribution in [0.5, 0.6) is 0 Å². The lowest BCUT2D eigenvalue weighted by molar-refractivity contribution is -0.135. The van der Waals surface area contributed by atoms with Crippen LogP contribution < -0.4 is 0 Å². The lowest BCUT2D eigenvalue weighted by atomic mass is 10.2. The zero-order chi connectivity index (χ0) is 10.2. The second kappa shape index (κ2) is 6.44. The van der Waals surface area contributed by atoms with E-state index in [0.29, 0.717) is 0 Å². The summed E-state index contributed by atoms with van der Waals surface area (Å²) >= 11 is 0. The molecule has 1 aliphatic rings. The number of carboxylic acids is 1. The second-order valence-corrected chi connectivity index (χ2v) is 3.61. The number of hydrogen-bond donors (Lipinski definition) is 1. The third-order valence-electron chi connectivity index (χ3n) is 2.37. The molecule has 3 nitrogen and oxygen atoms in total. The largest absolute Gasteiger partial charge is 0.481 e. The van der Waals surface area contributed by atoms with Gasteiger partial charge in [-0.15, -0.1) is 0 Å². The number of hydrogen-bond acceptors (Lipinski definition) is 2. The number of rotatable bonds is 2. The number of carboxylic acid groups (broad SMARTS) is 1. The van der Waals surface area contributed by atoms with Crippen molar-refractivity contribution >= 4 is 5.97 Å². The smallest absolute Gasteiger partial charge is 0.315 e. The second-order valence-electron chi connectivity index (χ2n) is 3.61. The first-order chi connectivity index (χ1) is 6.79. The van der Waals surface area contributed by atoms with Crippen molar-refractivity contribution in [3.63, 3.8) is 0 Å². The van der Waals surface area contributed by atoms with Gasteiger partial charge in [-0.1, -0.05) is 24.7 Å². The van der Waals surface area contributed by atoms with E-state index in [9.17, 15) is 4.79 Å². The molecule has 0 bridgehead atoms. The average molecular weight is 195 g/mol. The van der Waals surface area contributed by atoms with Crippen molar-refractivity contribution < 1.29 is 9.90 Å². The average Bonchev–Trinajstić information content (AvgIpc) is 2.40. The molecule has 0 aromatic rings. The molecular weight excluding hydrogens is 178 g/mol. The Morgan fingerprint density at radius 2 is 1.79 bits per heavy atom. The van der Waals surface area contributed by atoms with Crippen LogP contribution in [-0.2, 0) is 4.79 Å². The molecule has 0 radical (unpaired) electrons. The monoisotopic (exact) mass is 195 g/mol. The maximum atomic E-state index is 10.2. The van der Waals surface area contributed by atoms with E-state index < -0.39 is 5.97 Å². The summed E-state index contributed by atoms with van der Waals surface area (Å²) in [6, 6.07) is 0. The lowest BCUT2D eigenvalue weighted by Crippen LogP contribution is -2.24. The number of likely N-dealkylation sites (tertiary alicyclic amines) is 1. The molecule has 0 saturated carbocycles. The first kappa shape index (κ1) is 11.1. The Morgan fingerprint density at radius 3 is 2.36 bits per heavy atom. The van der Waals surface area contributed by atoms with Crippen LogP contribution in [0.3, 0.4) is 0 Å². The van der Waals surface area contributed by atoms with Gasteiger partial charge in [0, 0.05) is 0 Å². The van der Waals surface area contributed by atoms with E-state index in [0.717, 1.165) is 19.6 Å². The molecule has 3 heteroatoms. The summed E-state index contributed by atoms with van der Waals surface area (Å²) in [6.07, 6.45) is 5.10. The molecule has 1 fully saturated rings. The highest BCUT2D eigenvalue weighted by atomic mass is 16.4. The summed E-state index contributed by atoms with van der Waals surface area (Å²) in [6.45, 7) is 2.96. The molecule has 1 saturated heterocycles. The van der Waals surface area contributed by atoms with Crippen LogP contribution in [0.1, 0.15) is 32.1 Å². The fraction of sp³-hybridized carbons (Fsp3) is 0.727. The highest BCUT2D eigenvalue weighted by Crippen LogP contribution is 2.08. The fourth-order valence-corrected chi connectivity index (χ4v) is 1.60. The van der Waals surface area contributed by atoms with E-state index in [2.05, 4.69) is 16.7 Å². The minimum Gasteiger partial charge on any atom is -0.481 e. The van der Waals surface area contributed by atoms with E-state index in [1.807, 2.05) is 0 Å². The Hall–Kier alpha value is -1.01. The minimum absolute atomic E-state index is 0.0339. The van der Waals surface area contributed by atoms with Gasteiger partial charge in [0.15, 0.2) is 0 Å². The summed E-state index contributed by atoms with van der Waals surface area (Å²) in [7, 11) is 0. The zero-order valence-corrected chi connectivity index (χ0v) is 8.46. The highest BCUT2D eigenvalue weighted by Gasteiger charge is 2.06. The summed E-state index contributed by atoms with van der Waals surface area (Å²) in [5.74, 6) is 4.73. The molecule has 14 heavy (non-hydrogen) atoms. The van der Waals surface area contributed by atoms with E-state index >= 15 is 0 Å². The molecule has 0 spiro atoms. The molecule has 0 aromatic heterocycles. The van der Waals surface area contributed by atoms with Crippen molar-refractivity contribution in [1.29, 1.82) is 0 Å². The standard InChI is InChI=1S/C11H17NO2/c13-11(14)7-3-6-10-12-8-4-1-2-5-9-12/h1-2,4-5,7-10H2,(H,13,14). The Bertz CT molecular complexity index is 231. The van der Waals surface area contributed by atoms with Crippen molar-refractivity contribution in [1.82, 2.24) is 4.90 Å². The van der Waals surface area contributed by atoms with E-state index in [1.165, 1.54) is 25.7 Å². The molecule has 1 aliphatic heterocycles. The predicted molar refractivity (Wildman–Crippen MR) is 54.9 cm³/mol. The summed E-state index contributed by atoms with van der Waals surface area (Å²) < 4.78 is 0. The molecule has 0 aliphatic carbocycles. The van der Waals surface area contributed by atoms with Gasteiger partial charge in [0.05, 0.1) is 6.54 Å². The molecule has 0 unspecified atom stereocenters. The normalized spacial score (nSPS) is 18.0. The maximum absolute atomic E-state index is 10.2. The van der Waals surface area contributed by atoms with Crippen LogP contribution >= 0.6 is 0 Å². The van der Waals surface area contributed by atoms with Crippen LogP contribution in [0.15, 0.2) is 0 Å². The minimum atomic E-state index is -0.839. The first-order valence-corrected chi connectivity index (χ1v) is 5.19. The number of aliphatic carboxylic acids is 1. The van der Waals surface area contributed by atoms with Crippen molar-refractivity contribution in [2.24, 2.45) is 0 Å².